The highest BCUT2D eigenvalue weighted by atomic mass is 35.5. The van der Waals surface area contributed by atoms with Crippen molar-refractivity contribution in [2.45, 2.75) is 38.5 Å². The average molecular weight is 394 g/mol. The lowest BCUT2D eigenvalue weighted by Crippen LogP contribution is -2.31. The van der Waals surface area contributed by atoms with Gasteiger partial charge >= 0.3 is 0 Å². The van der Waals surface area contributed by atoms with Gasteiger partial charge < -0.3 is 24.6 Å². The maximum Gasteiger partial charge on any atom is 0.165 e. The standard InChI is InChI=1S/C21H27NO4.ClH/c1-21(2)11-15-8-6-10-19(20(15)26-21)25-14-17(23)13-22-12-16-7-4-5-9-18(16)24-3;/h4-10,17,22-23H,11-14H2,1-3H3;1H. The Hall–Kier alpha value is -1.95. The second kappa shape index (κ2) is 9.31. The third kappa shape index (κ3) is 5.51. The summed E-state index contributed by atoms with van der Waals surface area (Å²) < 4.78 is 17.1. The van der Waals surface area contributed by atoms with Crippen LogP contribution in [0.4, 0.5) is 0 Å². The van der Waals surface area contributed by atoms with Crippen molar-refractivity contribution in [3.05, 3.63) is 53.6 Å². The third-order valence-corrected chi connectivity index (χ3v) is 4.37. The molecule has 0 saturated heterocycles. The molecule has 1 unspecified atom stereocenters. The Morgan fingerprint density at radius 2 is 1.89 bits per heavy atom. The second-order valence-electron chi connectivity index (χ2n) is 7.19. The van der Waals surface area contributed by atoms with E-state index in [-0.39, 0.29) is 24.6 Å². The van der Waals surface area contributed by atoms with Crippen molar-refractivity contribution >= 4 is 12.4 Å². The number of ether oxygens (including phenoxy) is 3. The molecule has 3 rings (SSSR count). The average Bonchev–Trinajstić information content (AvgIpc) is 2.94. The van der Waals surface area contributed by atoms with Gasteiger partial charge in [0.25, 0.3) is 0 Å². The predicted molar refractivity (Wildman–Crippen MR) is 108 cm³/mol. The first-order chi connectivity index (χ1) is 12.5. The van der Waals surface area contributed by atoms with Crippen molar-refractivity contribution in [2.75, 3.05) is 20.3 Å². The summed E-state index contributed by atoms with van der Waals surface area (Å²) >= 11 is 0. The fourth-order valence-corrected chi connectivity index (χ4v) is 3.17. The molecule has 0 saturated carbocycles. The molecular weight excluding hydrogens is 366 g/mol. The van der Waals surface area contributed by atoms with E-state index < -0.39 is 6.10 Å². The van der Waals surface area contributed by atoms with Crippen LogP contribution in [0.25, 0.3) is 0 Å². The van der Waals surface area contributed by atoms with Crippen LogP contribution in [0, 0.1) is 0 Å². The van der Waals surface area contributed by atoms with E-state index in [2.05, 4.69) is 25.2 Å². The number of hydrogen-bond acceptors (Lipinski definition) is 5. The van der Waals surface area contributed by atoms with E-state index in [1.54, 1.807) is 7.11 Å². The second-order valence-corrected chi connectivity index (χ2v) is 7.19. The van der Waals surface area contributed by atoms with Crippen molar-refractivity contribution < 1.29 is 19.3 Å². The van der Waals surface area contributed by atoms with Crippen molar-refractivity contribution in [1.29, 1.82) is 0 Å². The van der Waals surface area contributed by atoms with Gasteiger partial charge in [-0.1, -0.05) is 30.3 Å². The van der Waals surface area contributed by atoms with Gasteiger partial charge in [-0.15, -0.1) is 12.4 Å². The first-order valence-corrected chi connectivity index (χ1v) is 8.93. The lowest BCUT2D eigenvalue weighted by molar-refractivity contribution is 0.0970. The van der Waals surface area contributed by atoms with Crippen LogP contribution in [0.5, 0.6) is 17.2 Å². The molecule has 5 nitrogen and oxygen atoms in total. The van der Waals surface area contributed by atoms with Crippen molar-refractivity contribution in [1.82, 2.24) is 5.32 Å². The highest BCUT2D eigenvalue weighted by Gasteiger charge is 2.32. The van der Waals surface area contributed by atoms with E-state index in [9.17, 15) is 5.11 Å². The molecule has 0 bridgehead atoms. The number of hydrogen-bond donors (Lipinski definition) is 2. The number of halogens is 1. The van der Waals surface area contributed by atoms with Gasteiger partial charge in [0.05, 0.1) is 7.11 Å². The highest BCUT2D eigenvalue weighted by Crippen LogP contribution is 2.41. The molecular formula is C21H28ClNO4. The molecule has 0 spiro atoms. The number of fused-ring (bicyclic) bond motifs is 1. The Bertz CT molecular complexity index is 751. The van der Waals surface area contributed by atoms with Crippen LogP contribution in [-0.2, 0) is 13.0 Å². The van der Waals surface area contributed by atoms with Crippen LogP contribution < -0.4 is 19.5 Å². The van der Waals surface area contributed by atoms with E-state index in [1.807, 2.05) is 36.4 Å². The Kier molecular flexibility index (Phi) is 7.36. The molecule has 1 aliphatic heterocycles. The molecule has 1 heterocycles. The molecule has 0 aromatic heterocycles. The van der Waals surface area contributed by atoms with Gasteiger partial charge in [-0.2, -0.15) is 0 Å². The summed E-state index contributed by atoms with van der Waals surface area (Å²) in [6.07, 6.45) is 0.248. The molecule has 1 aliphatic rings. The van der Waals surface area contributed by atoms with Crippen LogP contribution in [0.1, 0.15) is 25.0 Å². The van der Waals surface area contributed by atoms with Crippen molar-refractivity contribution in [2.24, 2.45) is 0 Å². The molecule has 27 heavy (non-hydrogen) atoms. The first kappa shape index (κ1) is 21.4. The summed E-state index contributed by atoms with van der Waals surface area (Å²) in [6.45, 7) is 5.39. The number of benzene rings is 2. The number of nitrogens with one attached hydrogen (secondary N) is 1. The first-order valence-electron chi connectivity index (χ1n) is 8.93. The zero-order valence-corrected chi connectivity index (χ0v) is 16.8. The number of rotatable bonds is 8. The lowest BCUT2D eigenvalue weighted by Gasteiger charge is -2.19. The molecule has 2 N–H and O–H groups in total. The summed E-state index contributed by atoms with van der Waals surface area (Å²) in [5, 5.41) is 13.4. The highest BCUT2D eigenvalue weighted by molar-refractivity contribution is 5.85. The van der Waals surface area contributed by atoms with E-state index in [4.69, 9.17) is 14.2 Å². The summed E-state index contributed by atoms with van der Waals surface area (Å²) in [4.78, 5) is 0. The minimum Gasteiger partial charge on any atom is -0.496 e. The molecule has 148 valence electrons. The van der Waals surface area contributed by atoms with Gasteiger partial charge in [-0.05, 0) is 26.0 Å². The molecule has 1 atom stereocenters. The number of aliphatic hydroxyl groups is 1. The smallest absolute Gasteiger partial charge is 0.165 e. The third-order valence-electron chi connectivity index (χ3n) is 4.37. The van der Waals surface area contributed by atoms with Gasteiger partial charge in [0.15, 0.2) is 11.5 Å². The van der Waals surface area contributed by atoms with Crippen LogP contribution in [0.3, 0.4) is 0 Å². The number of aliphatic hydroxyl groups excluding tert-OH is 1. The Morgan fingerprint density at radius 1 is 1.15 bits per heavy atom. The minimum absolute atomic E-state index is 0. The fraction of sp³-hybridized carbons (Fsp3) is 0.429. The van der Waals surface area contributed by atoms with Crippen molar-refractivity contribution in [3.63, 3.8) is 0 Å². The van der Waals surface area contributed by atoms with Gasteiger partial charge in [0, 0.05) is 30.6 Å². The fourth-order valence-electron chi connectivity index (χ4n) is 3.17. The summed E-state index contributed by atoms with van der Waals surface area (Å²) in [6, 6.07) is 13.7. The van der Waals surface area contributed by atoms with Crippen LogP contribution in [-0.4, -0.2) is 37.1 Å². The topological polar surface area (TPSA) is 60.0 Å². The lowest BCUT2D eigenvalue weighted by atomic mass is 10.0. The van der Waals surface area contributed by atoms with Crippen LogP contribution in [0.2, 0.25) is 0 Å². The summed E-state index contributed by atoms with van der Waals surface area (Å²) in [7, 11) is 1.66. The largest absolute Gasteiger partial charge is 0.496 e. The maximum absolute atomic E-state index is 10.2. The normalized spacial score (nSPS) is 15.3. The minimum atomic E-state index is -0.616. The molecule has 6 heteroatoms. The zero-order chi connectivity index (χ0) is 18.6. The van der Waals surface area contributed by atoms with Gasteiger partial charge in [0.1, 0.15) is 24.1 Å². The van der Waals surface area contributed by atoms with Gasteiger partial charge in [-0.3, -0.25) is 0 Å². The summed E-state index contributed by atoms with van der Waals surface area (Å²) in [5.41, 5.74) is 1.99. The molecule has 2 aromatic rings. The Morgan fingerprint density at radius 3 is 2.67 bits per heavy atom. The molecule has 2 aromatic carbocycles. The molecule has 0 radical (unpaired) electrons. The molecule has 0 amide bonds. The number of methoxy groups -OCH3 is 1. The van der Waals surface area contributed by atoms with Crippen LogP contribution >= 0.6 is 12.4 Å². The number of para-hydroxylation sites is 2. The molecule has 0 aliphatic carbocycles. The van der Waals surface area contributed by atoms with E-state index in [0.29, 0.717) is 18.8 Å². The Balaban J connectivity index is 0.00000261. The van der Waals surface area contributed by atoms with Gasteiger partial charge in [-0.25, -0.2) is 0 Å². The van der Waals surface area contributed by atoms with E-state index in [0.717, 1.165) is 29.0 Å². The molecule has 0 fully saturated rings. The Labute approximate surface area is 167 Å². The zero-order valence-electron chi connectivity index (χ0n) is 16.0. The van der Waals surface area contributed by atoms with Crippen molar-refractivity contribution in [3.8, 4) is 17.2 Å². The van der Waals surface area contributed by atoms with Gasteiger partial charge in [0.2, 0.25) is 0 Å². The van der Waals surface area contributed by atoms with E-state index >= 15 is 0 Å². The van der Waals surface area contributed by atoms with Crippen LogP contribution in [0.15, 0.2) is 42.5 Å². The monoisotopic (exact) mass is 393 g/mol. The maximum atomic E-state index is 10.2. The SMILES string of the molecule is COc1ccccc1CNCC(O)COc1cccc2c1OC(C)(C)C2.Cl. The predicted octanol–water partition coefficient (Wildman–Crippen LogP) is 3.36. The summed E-state index contributed by atoms with van der Waals surface area (Å²) in [5.74, 6) is 2.33. The van der Waals surface area contributed by atoms with E-state index in [1.165, 1.54) is 0 Å². The quantitative estimate of drug-likeness (QED) is 0.720.